The molecule has 0 bridgehead atoms. The highest BCUT2D eigenvalue weighted by Gasteiger charge is 2.21. The average Bonchev–Trinajstić information content (AvgIpc) is 2.33. The number of halogens is 2. The van der Waals surface area contributed by atoms with Crippen LogP contribution in [0.5, 0.6) is 0 Å². The third kappa shape index (κ3) is 3.02. The Morgan fingerprint density at radius 2 is 1.83 bits per heavy atom. The normalized spacial score (nSPS) is 17.9. The summed E-state index contributed by atoms with van der Waals surface area (Å²) in [5.74, 6) is -2.28. The van der Waals surface area contributed by atoms with Crippen LogP contribution in [0.4, 0.5) is 8.78 Å². The summed E-state index contributed by atoms with van der Waals surface area (Å²) < 4.78 is 54.5. The van der Waals surface area contributed by atoms with E-state index in [0.717, 1.165) is 12.1 Å². The van der Waals surface area contributed by atoms with E-state index in [1.54, 1.807) is 0 Å². The minimum Gasteiger partial charge on any atom is -0.379 e. The van der Waals surface area contributed by atoms with Gasteiger partial charge in [-0.3, -0.25) is 0 Å². The van der Waals surface area contributed by atoms with Gasteiger partial charge in [0.05, 0.1) is 18.1 Å². The molecule has 0 spiro atoms. The lowest BCUT2D eigenvalue weighted by Gasteiger charge is -2.26. The van der Waals surface area contributed by atoms with Crippen LogP contribution in [0, 0.1) is 11.6 Å². The Kier molecular flexibility index (Phi) is 3.91. The van der Waals surface area contributed by atoms with Crippen LogP contribution in [0.15, 0.2) is 23.1 Å². The van der Waals surface area contributed by atoms with Crippen molar-refractivity contribution in [3.05, 3.63) is 29.8 Å². The molecule has 2 rings (SSSR count). The Balaban J connectivity index is 2.16. The van der Waals surface area contributed by atoms with Crippen molar-refractivity contribution >= 4 is 10.0 Å². The second-order valence-electron chi connectivity index (χ2n) is 3.77. The lowest BCUT2D eigenvalue weighted by atomic mass is 10.3. The van der Waals surface area contributed by atoms with Crippen LogP contribution < -0.4 is 4.83 Å². The van der Waals surface area contributed by atoms with Gasteiger partial charge in [0.1, 0.15) is 0 Å². The van der Waals surface area contributed by atoms with Gasteiger partial charge in [-0.25, -0.2) is 22.2 Å². The first kappa shape index (κ1) is 13.3. The lowest BCUT2D eigenvalue weighted by molar-refractivity contribution is 0.0272. The van der Waals surface area contributed by atoms with Crippen molar-refractivity contribution < 1.29 is 21.9 Å². The molecule has 100 valence electrons. The molecule has 1 saturated heterocycles. The molecular weight excluding hydrogens is 266 g/mol. The van der Waals surface area contributed by atoms with Crippen LogP contribution in [0.1, 0.15) is 0 Å². The molecule has 0 radical (unpaired) electrons. The van der Waals surface area contributed by atoms with Crippen molar-refractivity contribution in [2.45, 2.75) is 4.90 Å². The summed E-state index contributed by atoms with van der Waals surface area (Å²) >= 11 is 0. The predicted molar refractivity (Wildman–Crippen MR) is 59.1 cm³/mol. The summed E-state index contributed by atoms with van der Waals surface area (Å²) in [6, 6.07) is 2.45. The Morgan fingerprint density at radius 3 is 2.44 bits per heavy atom. The summed E-state index contributed by atoms with van der Waals surface area (Å²) in [4.78, 5) is 1.98. The topological polar surface area (TPSA) is 58.6 Å². The molecule has 5 nitrogen and oxygen atoms in total. The number of nitrogens with zero attached hydrogens (tertiary/aromatic N) is 1. The molecule has 8 heteroatoms. The van der Waals surface area contributed by atoms with E-state index in [-0.39, 0.29) is 4.90 Å². The van der Waals surface area contributed by atoms with Gasteiger partial charge >= 0.3 is 0 Å². The van der Waals surface area contributed by atoms with Gasteiger partial charge in [0.15, 0.2) is 11.6 Å². The SMILES string of the molecule is O=S(=O)(NN1CCOCC1)c1ccc(F)c(F)c1. The van der Waals surface area contributed by atoms with Gasteiger partial charge in [-0.05, 0) is 18.2 Å². The van der Waals surface area contributed by atoms with E-state index in [0.29, 0.717) is 32.4 Å². The van der Waals surface area contributed by atoms with Crippen LogP contribution >= 0.6 is 0 Å². The first-order chi connectivity index (χ1) is 8.49. The highest BCUT2D eigenvalue weighted by molar-refractivity contribution is 7.89. The van der Waals surface area contributed by atoms with Gasteiger partial charge in [-0.2, -0.15) is 0 Å². The molecule has 0 saturated carbocycles. The Morgan fingerprint density at radius 1 is 1.17 bits per heavy atom. The molecule has 1 N–H and O–H groups in total. The molecule has 1 aromatic carbocycles. The van der Waals surface area contributed by atoms with Crippen molar-refractivity contribution in [2.24, 2.45) is 0 Å². The second-order valence-corrected chi connectivity index (χ2v) is 5.43. The molecule has 0 unspecified atom stereocenters. The molecule has 1 heterocycles. The molecule has 0 amide bonds. The van der Waals surface area contributed by atoms with Crippen LogP contribution in [0.2, 0.25) is 0 Å². The molecule has 1 aromatic rings. The number of hydrogen-bond donors (Lipinski definition) is 1. The zero-order valence-electron chi connectivity index (χ0n) is 9.40. The van der Waals surface area contributed by atoms with Crippen molar-refractivity contribution in [1.29, 1.82) is 0 Å². The molecule has 0 atom stereocenters. The first-order valence-corrected chi connectivity index (χ1v) is 6.77. The van der Waals surface area contributed by atoms with Gasteiger partial charge in [0.2, 0.25) is 0 Å². The smallest absolute Gasteiger partial charge is 0.253 e. The number of sulfonamides is 1. The standard InChI is InChI=1S/C10H12F2N2O3S/c11-9-2-1-8(7-10(9)12)18(15,16)13-14-3-5-17-6-4-14/h1-2,7,13H,3-6H2. The summed E-state index contributed by atoms with van der Waals surface area (Å²) in [7, 11) is -3.89. The van der Waals surface area contributed by atoms with Gasteiger partial charge in [0, 0.05) is 13.1 Å². The van der Waals surface area contributed by atoms with Crippen molar-refractivity contribution in [3.8, 4) is 0 Å². The van der Waals surface area contributed by atoms with Crippen molar-refractivity contribution in [3.63, 3.8) is 0 Å². The largest absolute Gasteiger partial charge is 0.379 e. The summed E-state index contributed by atoms with van der Waals surface area (Å²) in [6.45, 7) is 1.65. The van der Waals surface area contributed by atoms with Gasteiger partial charge in [0.25, 0.3) is 10.0 Å². The maximum atomic E-state index is 13.0. The molecular formula is C10H12F2N2O3S. The van der Waals surface area contributed by atoms with Gasteiger partial charge in [-0.15, -0.1) is 4.83 Å². The van der Waals surface area contributed by atoms with E-state index in [1.807, 2.05) is 0 Å². The number of benzene rings is 1. The first-order valence-electron chi connectivity index (χ1n) is 5.29. The molecule has 1 aliphatic heterocycles. The lowest BCUT2D eigenvalue weighted by Crippen LogP contribution is -2.48. The van der Waals surface area contributed by atoms with Gasteiger partial charge in [-0.1, -0.05) is 0 Å². The zero-order valence-corrected chi connectivity index (χ0v) is 10.2. The maximum absolute atomic E-state index is 13.0. The number of hydrazine groups is 1. The van der Waals surface area contributed by atoms with E-state index in [1.165, 1.54) is 5.01 Å². The summed E-state index contributed by atoms with van der Waals surface area (Å²) in [6.07, 6.45) is 0. The maximum Gasteiger partial charge on any atom is 0.253 e. The minimum atomic E-state index is -3.89. The van der Waals surface area contributed by atoms with Crippen molar-refractivity contribution in [1.82, 2.24) is 9.84 Å². The fourth-order valence-corrected chi connectivity index (χ4v) is 2.66. The summed E-state index contributed by atoms with van der Waals surface area (Å²) in [5.41, 5.74) is 0. The quantitative estimate of drug-likeness (QED) is 0.874. The average molecular weight is 278 g/mol. The predicted octanol–water partition coefficient (Wildman–Crippen LogP) is 0.490. The number of morpholine rings is 1. The van der Waals surface area contributed by atoms with Crippen LogP contribution in [-0.4, -0.2) is 39.7 Å². The highest BCUT2D eigenvalue weighted by atomic mass is 32.2. The Hall–Kier alpha value is -1.09. The summed E-state index contributed by atoms with van der Waals surface area (Å²) in [5, 5.41) is 1.46. The Bertz CT molecular complexity index is 530. The zero-order chi connectivity index (χ0) is 13.2. The van der Waals surface area contributed by atoms with Crippen LogP contribution in [0.3, 0.4) is 0 Å². The van der Waals surface area contributed by atoms with Crippen LogP contribution in [-0.2, 0) is 14.8 Å². The molecule has 18 heavy (non-hydrogen) atoms. The number of nitrogens with one attached hydrogen (secondary N) is 1. The molecule has 1 aliphatic rings. The number of hydrogen-bond acceptors (Lipinski definition) is 4. The Labute approximate surface area is 103 Å². The molecule has 0 aromatic heterocycles. The second kappa shape index (κ2) is 5.27. The van der Waals surface area contributed by atoms with E-state index in [2.05, 4.69) is 4.83 Å². The third-order valence-electron chi connectivity index (χ3n) is 2.46. The minimum absolute atomic E-state index is 0.312. The molecule has 0 aliphatic carbocycles. The van der Waals surface area contributed by atoms with E-state index in [4.69, 9.17) is 4.74 Å². The fraction of sp³-hybridized carbons (Fsp3) is 0.400. The van der Waals surface area contributed by atoms with E-state index >= 15 is 0 Å². The fourth-order valence-electron chi connectivity index (χ4n) is 1.52. The monoisotopic (exact) mass is 278 g/mol. The van der Waals surface area contributed by atoms with Gasteiger partial charge < -0.3 is 4.74 Å². The van der Waals surface area contributed by atoms with Crippen molar-refractivity contribution in [2.75, 3.05) is 26.3 Å². The molecule has 1 fully saturated rings. The third-order valence-corrected chi connectivity index (χ3v) is 3.83. The van der Waals surface area contributed by atoms with E-state index in [9.17, 15) is 17.2 Å². The van der Waals surface area contributed by atoms with Crippen LogP contribution in [0.25, 0.3) is 0 Å². The highest BCUT2D eigenvalue weighted by Crippen LogP contribution is 2.14. The number of rotatable bonds is 3. The number of ether oxygens (including phenoxy) is 1. The van der Waals surface area contributed by atoms with E-state index < -0.39 is 21.7 Å².